The first-order valence-corrected chi connectivity index (χ1v) is 7.93. The molecule has 0 saturated heterocycles. The van der Waals surface area contributed by atoms with Crippen LogP contribution in [0.25, 0.3) is 11.0 Å². The van der Waals surface area contributed by atoms with E-state index in [1.165, 1.54) is 5.56 Å². The van der Waals surface area contributed by atoms with Gasteiger partial charge in [0.2, 0.25) is 0 Å². The molecule has 1 N–H and O–H groups in total. The summed E-state index contributed by atoms with van der Waals surface area (Å²) in [4.78, 5) is 0. The first-order valence-electron chi connectivity index (χ1n) is 6.39. The van der Waals surface area contributed by atoms with Gasteiger partial charge in [0.1, 0.15) is 0 Å². The van der Waals surface area contributed by atoms with Crippen LogP contribution in [0.15, 0.2) is 42.5 Å². The summed E-state index contributed by atoms with van der Waals surface area (Å²) < 4.78 is 14.2. The number of aromatic nitrogens is 2. The summed E-state index contributed by atoms with van der Waals surface area (Å²) >= 11 is -0.000673. The second kappa shape index (κ2) is 5.65. The minimum atomic E-state index is -0.000673. The van der Waals surface area contributed by atoms with E-state index in [0.717, 1.165) is 22.5 Å². The van der Waals surface area contributed by atoms with Crippen LogP contribution in [0.2, 0.25) is 0 Å². The van der Waals surface area contributed by atoms with Gasteiger partial charge < -0.3 is 0 Å². The third-order valence-electron chi connectivity index (χ3n) is 3.25. The predicted octanol–water partition coefficient (Wildman–Crippen LogP) is 2.87. The predicted molar refractivity (Wildman–Crippen MR) is 81.5 cm³/mol. The van der Waals surface area contributed by atoms with Gasteiger partial charge in [-0.05, 0) is 0 Å². The SMILES string of the molecule is COc1cccc(C(C)Nc2cccc3n[se]nc23)c1. The molecule has 3 aromatic rings. The second-order valence-electron chi connectivity index (χ2n) is 4.58. The molecule has 102 valence electrons. The zero-order chi connectivity index (χ0) is 13.9. The number of fused-ring (bicyclic) bond motifs is 1. The summed E-state index contributed by atoms with van der Waals surface area (Å²) in [6, 6.07) is 14.4. The molecular weight excluding hydrogens is 317 g/mol. The number of anilines is 1. The molecular formula is C15H15N3OSe. The van der Waals surface area contributed by atoms with Crippen molar-refractivity contribution in [2.45, 2.75) is 13.0 Å². The number of rotatable bonds is 4. The normalized spacial score (nSPS) is 12.3. The Morgan fingerprint density at radius 2 is 2.00 bits per heavy atom. The Morgan fingerprint density at radius 1 is 1.15 bits per heavy atom. The minimum absolute atomic E-state index is 0.000673. The standard InChI is InChI=1S/C15H15N3OSe/c1-10(11-5-3-6-12(9-11)19-2)16-13-7-4-8-14-15(13)18-20-17-14/h3-10,16H,1-2H3. The summed E-state index contributed by atoms with van der Waals surface area (Å²) in [6.07, 6.45) is 0. The van der Waals surface area contributed by atoms with E-state index in [-0.39, 0.29) is 21.0 Å². The van der Waals surface area contributed by atoms with Crippen molar-refractivity contribution in [1.29, 1.82) is 0 Å². The Labute approximate surface area is 124 Å². The Balaban J connectivity index is 1.88. The van der Waals surface area contributed by atoms with Crippen LogP contribution in [0.3, 0.4) is 0 Å². The van der Waals surface area contributed by atoms with Crippen molar-refractivity contribution in [3.05, 3.63) is 48.0 Å². The summed E-state index contributed by atoms with van der Waals surface area (Å²) in [5.74, 6) is 0.873. The number of methoxy groups -OCH3 is 1. The number of nitrogens with one attached hydrogen (secondary N) is 1. The van der Waals surface area contributed by atoms with Crippen molar-refractivity contribution in [3.8, 4) is 5.75 Å². The molecule has 2 aromatic carbocycles. The number of ether oxygens (including phenoxy) is 1. The van der Waals surface area contributed by atoms with Gasteiger partial charge in [-0.3, -0.25) is 0 Å². The summed E-state index contributed by atoms with van der Waals surface area (Å²) in [6.45, 7) is 2.13. The van der Waals surface area contributed by atoms with E-state index in [4.69, 9.17) is 4.74 Å². The van der Waals surface area contributed by atoms with E-state index in [2.05, 4.69) is 32.3 Å². The van der Waals surface area contributed by atoms with Crippen LogP contribution >= 0.6 is 0 Å². The molecule has 0 fully saturated rings. The van der Waals surface area contributed by atoms with Crippen molar-refractivity contribution >= 4 is 31.7 Å². The van der Waals surface area contributed by atoms with Crippen LogP contribution < -0.4 is 10.1 Å². The zero-order valence-corrected chi connectivity index (χ0v) is 13.0. The topological polar surface area (TPSA) is 47.0 Å². The maximum absolute atomic E-state index is 5.27. The molecule has 3 rings (SSSR count). The van der Waals surface area contributed by atoms with Crippen LogP contribution in [0, 0.1) is 0 Å². The molecule has 0 spiro atoms. The summed E-state index contributed by atoms with van der Waals surface area (Å²) in [7, 11) is 1.68. The van der Waals surface area contributed by atoms with Gasteiger partial charge in [0.05, 0.1) is 0 Å². The third-order valence-corrected chi connectivity index (χ3v) is 4.39. The van der Waals surface area contributed by atoms with Gasteiger partial charge in [-0.25, -0.2) is 0 Å². The number of hydrogen-bond donors (Lipinski definition) is 1. The molecule has 0 bridgehead atoms. The molecule has 20 heavy (non-hydrogen) atoms. The van der Waals surface area contributed by atoms with E-state index in [1.54, 1.807) is 7.11 Å². The van der Waals surface area contributed by atoms with Crippen LogP contribution in [0.1, 0.15) is 18.5 Å². The molecule has 0 aliphatic carbocycles. The van der Waals surface area contributed by atoms with Crippen LogP contribution in [0.5, 0.6) is 5.75 Å². The quantitative estimate of drug-likeness (QED) is 0.747. The van der Waals surface area contributed by atoms with Crippen LogP contribution in [-0.2, 0) is 0 Å². The van der Waals surface area contributed by atoms with Crippen molar-refractivity contribution < 1.29 is 4.74 Å². The Hall–Kier alpha value is -1.84. The van der Waals surface area contributed by atoms with Gasteiger partial charge in [0, 0.05) is 0 Å². The van der Waals surface area contributed by atoms with Crippen molar-refractivity contribution in [2.24, 2.45) is 0 Å². The molecule has 0 aliphatic heterocycles. The fraction of sp³-hybridized carbons (Fsp3) is 0.200. The molecule has 0 saturated carbocycles. The molecule has 1 heterocycles. The maximum atomic E-state index is 5.27. The first-order chi connectivity index (χ1) is 9.78. The van der Waals surface area contributed by atoms with Crippen molar-refractivity contribution in [3.63, 3.8) is 0 Å². The second-order valence-corrected chi connectivity index (χ2v) is 5.69. The number of nitrogens with zero attached hydrogens (tertiary/aromatic N) is 2. The average Bonchev–Trinajstić information content (AvgIpc) is 2.97. The number of benzene rings is 2. The molecule has 5 heteroatoms. The average molecular weight is 332 g/mol. The van der Waals surface area contributed by atoms with Gasteiger partial charge in [-0.15, -0.1) is 0 Å². The van der Waals surface area contributed by atoms with Gasteiger partial charge in [-0.2, -0.15) is 0 Å². The molecule has 1 aromatic heterocycles. The molecule has 1 atom stereocenters. The Kier molecular flexibility index (Phi) is 3.72. The van der Waals surface area contributed by atoms with Gasteiger partial charge in [0.25, 0.3) is 0 Å². The molecule has 0 aliphatic rings. The molecule has 0 radical (unpaired) electrons. The molecule has 1 unspecified atom stereocenters. The molecule has 0 amide bonds. The van der Waals surface area contributed by atoms with Gasteiger partial charge in [-0.1, -0.05) is 0 Å². The first kappa shape index (κ1) is 13.2. The van der Waals surface area contributed by atoms with Crippen LogP contribution in [0.4, 0.5) is 5.69 Å². The van der Waals surface area contributed by atoms with E-state index < -0.39 is 0 Å². The van der Waals surface area contributed by atoms with Gasteiger partial charge in [0.15, 0.2) is 0 Å². The fourth-order valence-corrected chi connectivity index (χ4v) is 3.30. The third kappa shape index (κ3) is 2.55. The summed E-state index contributed by atoms with van der Waals surface area (Å²) in [5, 5.41) is 3.51. The Morgan fingerprint density at radius 3 is 2.85 bits per heavy atom. The van der Waals surface area contributed by atoms with Crippen molar-refractivity contribution in [2.75, 3.05) is 12.4 Å². The zero-order valence-electron chi connectivity index (χ0n) is 11.3. The van der Waals surface area contributed by atoms with E-state index in [0.29, 0.717) is 0 Å². The number of hydrogen-bond acceptors (Lipinski definition) is 4. The monoisotopic (exact) mass is 333 g/mol. The fourth-order valence-electron chi connectivity index (χ4n) is 2.15. The van der Waals surface area contributed by atoms with Crippen molar-refractivity contribution in [1.82, 2.24) is 7.96 Å². The Bertz CT molecular complexity index is 726. The summed E-state index contributed by atoms with van der Waals surface area (Å²) in [5.41, 5.74) is 4.21. The van der Waals surface area contributed by atoms with Crippen LogP contribution in [-0.4, -0.2) is 30.0 Å². The van der Waals surface area contributed by atoms with E-state index in [1.807, 2.05) is 30.3 Å². The molecule has 4 nitrogen and oxygen atoms in total. The van der Waals surface area contributed by atoms with Gasteiger partial charge >= 0.3 is 124 Å². The van der Waals surface area contributed by atoms with E-state index >= 15 is 0 Å². The van der Waals surface area contributed by atoms with E-state index in [9.17, 15) is 0 Å².